The summed E-state index contributed by atoms with van der Waals surface area (Å²) in [5, 5.41) is 6.49. The molecule has 4 rings (SSSR count). The molecule has 3 heterocycles. The maximum atomic E-state index is 13.6. The van der Waals surface area contributed by atoms with Crippen molar-refractivity contribution in [1.29, 1.82) is 0 Å². The zero-order valence-corrected chi connectivity index (χ0v) is 11.2. The van der Waals surface area contributed by atoms with Crippen molar-refractivity contribution in [2.24, 2.45) is 5.73 Å². The quantitative estimate of drug-likeness (QED) is 0.667. The van der Waals surface area contributed by atoms with Crippen molar-refractivity contribution in [3.8, 4) is 0 Å². The van der Waals surface area contributed by atoms with Crippen molar-refractivity contribution in [3.05, 3.63) is 35.3 Å². The number of H-pyrrole nitrogens is 1. The number of carbonyl (C=O) groups is 1. The van der Waals surface area contributed by atoms with E-state index in [0.29, 0.717) is 16.7 Å². The van der Waals surface area contributed by atoms with Gasteiger partial charge in [0.05, 0.1) is 11.1 Å². The number of imidazole rings is 1. The third-order valence-corrected chi connectivity index (χ3v) is 4.02. The number of benzene rings is 1. The van der Waals surface area contributed by atoms with Crippen molar-refractivity contribution < 1.29 is 9.18 Å². The van der Waals surface area contributed by atoms with Gasteiger partial charge in [-0.3, -0.25) is 9.89 Å². The van der Waals surface area contributed by atoms with Gasteiger partial charge in [-0.1, -0.05) is 0 Å². The minimum atomic E-state index is -0.670. The van der Waals surface area contributed by atoms with Crippen LogP contribution in [-0.2, 0) is 0 Å². The standard InChI is InChI=1S/C14H14FN5O/c15-7-4-8(13(16)21)12-11(5-7)19-14-9(6-18-20(12)14)10-2-1-3-17-10/h4-6,10,17-18H,1-3H2,(H2,16,21). The Hall–Kier alpha value is -2.41. The van der Waals surface area contributed by atoms with Gasteiger partial charge in [-0.05, 0) is 25.5 Å². The summed E-state index contributed by atoms with van der Waals surface area (Å²) in [6.45, 7) is 0.976. The molecule has 21 heavy (non-hydrogen) atoms. The van der Waals surface area contributed by atoms with Crippen molar-refractivity contribution in [2.75, 3.05) is 6.54 Å². The molecule has 0 aliphatic carbocycles. The van der Waals surface area contributed by atoms with Gasteiger partial charge in [0.25, 0.3) is 5.91 Å². The van der Waals surface area contributed by atoms with E-state index in [1.807, 2.05) is 6.20 Å². The maximum Gasteiger partial charge on any atom is 0.251 e. The first-order valence-corrected chi connectivity index (χ1v) is 6.87. The van der Waals surface area contributed by atoms with Crippen LogP contribution in [0.25, 0.3) is 16.7 Å². The first kappa shape index (κ1) is 12.3. The first-order chi connectivity index (χ1) is 10.1. The highest BCUT2D eigenvalue weighted by Crippen LogP contribution is 2.29. The van der Waals surface area contributed by atoms with Crippen LogP contribution in [0, 0.1) is 5.82 Å². The van der Waals surface area contributed by atoms with Gasteiger partial charge in [0.15, 0.2) is 5.65 Å². The molecular weight excluding hydrogens is 273 g/mol. The number of nitrogens with two attached hydrogens (primary N) is 1. The van der Waals surface area contributed by atoms with Crippen LogP contribution < -0.4 is 11.1 Å². The molecule has 0 spiro atoms. The second kappa shape index (κ2) is 4.29. The Morgan fingerprint density at radius 2 is 2.33 bits per heavy atom. The molecule has 1 unspecified atom stereocenters. The second-order valence-corrected chi connectivity index (χ2v) is 5.33. The molecule has 3 aromatic rings. The lowest BCUT2D eigenvalue weighted by Gasteiger charge is -2.05. The fourth-order valence-corrected chi connectivity index (χ4v) is 3.09. The zero-order chi connectivity index (χ0) is 14.6. The summed E-state index contributed by atoms with van der Waals surface area (Å²) in [7, 11) is 0. The summed E-state index contributed by atoms with van der Waals surface area (Å²) in [5.74, 6) is -1.19. The van der Waals surface area contributed by atoms with Gasteiger partial charge in [-0.15, -0.1) is 0 Å². The normalized spacial score (nSPS) is 18.8. The van der Waals surface area contributed by atoms with Gasteiger partial charge in [0.2, 0.25) is 0 Å². The average Bonchev–Trinajstić information content (AvgIpc) is 3.11. The lowest BCUT2D eigenvalue weighted by molar-refractivity contribution is 0.100. The number of fused-ring (bicyclic) bond motifs is 3. The topological polar surface area (TPSA) is 88.2 Å². The molecule has 1 aliphatic rings. The molecule has 7 heteroatoms. The Bertz CT molecular complexity index is 859. The highest BCUT2D eigenvalue weighted by atomic mass is 19.1. The van der Waals surface area contributed by atoms with E-state index in [4.69, 9.17) is 5.73 Å². The molecule has 0 saturated carbocycles. The van der Waals surface area contributed by atoms with E-state index in [0.717, 1.165) is 31.0 Å². The van der Waals surface area contributed by atoms with Gasteiger partial charge in [-0.2, -0.15) is 0 Å². The van der Waals surface area contributed by atoms with Crippen LogP contribution in [0.3, 0.4) is 0 Å². The van der Waals surface area contributed by atoms with E-state index in [9.17, 15) is 9.18 Å². The van der Waals surface area contributed by atoms with Crippen molar-refractivity contribution in [3.63, 3.8) is 0 Å². The van der Waals surface area contributed by atoms with Crippen molar-refractivity contribution in [2.45, 2.75) is 18.9 Å². The molecule has 1 aromatic carbocycles. The number of aromatic amines is 1. The Kier molecular flexibility index (Phi) is 2.52. The van der Waals surface area contributed by atoms with Crippen LogP contribution >= 0.6 is 0 Å². The highest BCUT2D eigenvalue weighted by molar-refractivity contribution is 6.05. The van der Waals surface area contributed by atoms with Crippen LogP contribution in [0.15, 0.2) is 18.3 Å². The van der Waals surface area contributed by atoms with E-state index in [-0.39, 0.29) is 11.6 Å². The average molecular weight is 287 g/mol. The van der Waals surface area contributed by atoms with Gasteiger partial charge in [-0.25, -0.2) is 13.9 Å². The highest BCUT2D eigenvalue weighted by Gasteiger charge is 2.23. The van der Waals surface area contributed by atoms with E-state index in [1.54, 1.807) is 4.52 Å². The maximum absolute atomic E-state index is 13.6. The first-order valence-electron chi connectivity index (χ1n) is 6.87. The minimum Gasteiger partial charge on any atom is -0.366 e. The fraction of sp³-hybridized carbons (Fsp3) is 0.286. The molecule has 2 aromatic heterocycles. The van der Waals surface area contributed by atoms with Gasteiger partial charge < -0.3 is 11.1 Å². The number of halogens is 1. The Morgan fingerprint density at radius 1 is 1.48 bits per heavy atom. The lowest BCUT2D eigenvalue weighted by atomic mass is 10.1. The fourth-order valence-electron chi connectivity index (χ4n) is 3.09. The summed E-state index contributed by atoms with van der Waals surface area (Å²) in [6.07, 6.45) is 4.02. The largest absolute Gasteiger partial charge is 0.366 e. The SMILES string of the molecule is NC(=O)c1cc(F)cc2nc3c(C4CCCN4)c[nH]n3c12. The molecule has 1 atom stereocenters. The molecule has 6 nitrogen and oxygen atoms in total. The number of hydrogen-bond donors (Lipinski definition) is 3. The number of nitrogens with zero attached hydrogens (tertiary/aromatic N) is 2. The summed E-state index contributed by atoms with van der Waals surface area (Å²) in [6, 6.07) is 2.69. The molecule has 4 N–H and O–H groups in total. The molecule has 1 fully saturated rings. The number of aromatic nitrogens is 3. The zero-order valence-electron chi connectivity index (χ0n) is 11.2. The molecule has 0 bridgehead atoms. The Morgan fingerprint density at radius 3 is 3.05 bits per heavy atom. The molecule has 1 amide bonds. The lowest BCUT2D eigenvalue weighted by Crippen LogP contribution is -2.12. The molecule has 1 saturated heterocycles. The van der Waals surface area contributed by atoms with Crippen LogP contribution in [0.4, 0.5) is 4.39 Å². The minimum absolute atomic E-state index is 0.130. The van der Waals surface area contributed by atoms with Gasteiger partial charge in [0, 0.05) is 23.9 Å². The van der Waals surface area contributed by atoms with Gasteiger partial charge >= 0.3 is 0 Å². The summed E-state index contributed by atoms with van der Waals surface area (Å²) >= 11 is 0. The van der Waals surface area contributed by atoms with Crippen molar-refractivity contribution in [1.82, 2.24) is 19.9 Å². The third kappa shape index (κ3) is 1.74. The smallest absolute Gasteiger partial charge is 0.251 e. The molecular formula is C14H14FN5O. The monoisotopic (exact) mass is 287 g/mol. The predicted molar refractivity (Wildman–Crippen MR) is 75.5 cm³/mol. The number of carbonyl (C=O) groups excluding carboxylic acids is 1. The predicted octanol–water partition coefficient (Wildman–Crippen LogP) is 1.48. The van der Waals surface area contributed by atoms with Crippen LogP contribution in [0.5, 0.6) is 0 Å². The molecule has 0 radical (unpaired) electrons. The second-order valence-electron chi connectivity index (χ2n) is 5.33. The van der Waals surface area contributed by atoms with Crippen LogP contribution in [-0.4, -0.2) is 27.0 Å². The van der Waals surface area contributed by atoms with E-state index >= 15 is 0 Å². The third-order valence-electron chi connectivity index (χ3n) is 4.02. The van der Waals surface area contributed by atoms with Crippen LogP contribution in [0.1, 0.15) is 34.8 Å². The van der Waals surface area contributed by atoms with E-state index < -0.39 is 11.7 Å². The van der Waals surface area contributed by atoms with Crippen LogP contribution in [0.2, 0.25) is 0 Å². The molecule has 108 valence electrons. The number of amides is 1. The summed E-state index contributed by atoms with van der Waals surface area (Å²) in [4.78, 5) is 16.0. The number of hydrogen-bond acceptors (Lipinski definition) is 3. The number of nitrogens with one attached hydrogen (secondary N) is 2. The summed E-state index contributed by atoms with van der Waals surface area (Å²) in [5.41, 5.74) is 8.16. The number of primary amides is 1. The number of rotatable bonds is 2. The van der Waals surface area contributed by atoms with Gasteiger partial charge in [0.1, 0.15) is 11.3 Å². The summed E-state index contributed by atoms with van der Waals surface area (Å²) < 4.78 is 15.3. The van der Waals surface area contributed by atoms with E-state index in [1.165, 1.54) is 6.07 Å². The van der Waals surface area contributed by atoms with E-state index in [2.05, 4.69) is 15.4 Å². The van der Waals surface area contributed by atoms with Crippen molar-refractivity contribution >= 4 is 22.6 Å². The Labute approximate surface area is 119 Å². The Balaban J connectivity index is 2.03. The molecule has 1 aliphatic heterocycles.